The lowest BCUT2D eigenvalue weighted by atomic mass is 10.0. The fraction of sp³-hybridized carbons (Fsp3) is 0.750. The van der Waals surface area contributed by atoms with E-state index in [0.717, 1.165) is 19.4 Å². The highest BCUT2D eigenvalue weighted by molar-refractivity contribution is 5.69. The third-order valence-corrected chi connectivity index (χ3v) is 5.97. The molecule has 0 aliphatic rings. The van der Waals surface area contributed by atoms with Gasteiger partial charge in [-0.1, -0.05) is 103 Å². The largest absolute Gasteiger partial charge is 0.466 e. The molecule has 0 spiro atoms. The number of anilines is 1. The van der Waals surface area contributed by atoms with Crippen molar-refractivity contribution in [3.8, 4) is 0 Å². The zero-order valence-electron chi connectivity index (χ0n) is 20.6. The predicted octanol–water partition coefficient (Wildman–Crippen LogP) is 8.47. The maximum atomic E-state index is 11.4. The van der Waals surface area contributed by atoms with Crippen LogP contribution in [0, 0.1) is 0 Å². The van der Waals surface area contributed by atoms with Crippen LogP contribution in [0.15, 0.2) is 24.3 Å². The Morgan fingerprint density at radius 2 is 1.23 bits per heavy atom. The van der Waals surface area contributed by atoms with E-state index in [1.807, 2.05) is 6.92 Å². The van der Waals surface area contributed by atoms with Crippen LogP contribution in [-0.2, 0) is 16.0 Å². The molecule has 0 aliphatic carbocycles. The third-order valence-electron chi connectivity index (χ3n) is 5.97. The topological polar surface area (TPSA) is 38.3 Å². The smallest absolute Gasteiger partial charge is 0.305 e. The van der Waals surface area contributed by atoms with E-state index >= 15 is 0 Å². The van der Waals surface area contributed by atoms with Gasteiger partial charge >= 0.3 is 5.97 Å². The summed E-state index contributed by atoms with van der Waals surface area (Å²) in [5.74, 6) is -0.0889. The highest BCUT2D eigenvalue weighted by Gasteiger charge is 2.02. The van der Waals surface area contributed by atoms with Crippen molar-refractivity contribution < 1.29 is 9.53 Å². The molecular weight excluding hydrogens is 382 g/mol. The van der Waals surface area contributed by atoms with Gasteiger partial charge in [-0.2, -0.15) is 0 Å². The fourth-order valence-corrected chi connectivity index (χ4v) is 4.01. The Morgan fingerprint density at radius 1 is 0.710 bits per heavy atom. The number of rotatable bonds is 21. The molecule has 0 aromatic heterocycles. The quantitative estimate of drug-likeness (QED) is 0.157. The average Bonchev–Trinajstić information content (AvgIpc) is 2.77. The second-order valence-electron chi connectivity index (χ2n) is 8.88. The van der Waals surface area contributed by atoms with Crippen molar-refractivity contribution in [2.24, 2.45) is 0 Å². The number of benzene rings is 1. The van der Waals surface area contributed by atoms with Crippen LogP contribution in [0.25, 0.3) is 0 Å². The van der Waals surface area contributed by atoms with Gasteiger partial charge in [-0.15, -0.1) is 0 Å². The molecule has 0 fully saturated rings. The maximum absolute atomic E-state index is 11.4. The number of carbonyl (C=O) groups excluding carboxylic acids is 1. The third kappa shape index (κ3) is 16.8. The minimum Gasteiger partial charge on any atom is -0.466 e. The van der Waals surface area contributed by atoms with E-state index in [2.05, 4.69) is 36.5 Å². The first-order chi connectivity index (χ1) is 15.3. The molecule has 0 aliphatic heterocycles. The summed E-state index contributed by atoms with van der Waals surface area (Å²) in [6.45, 7) is 5.66. The first kappa shape index (κ1) is 27.5. The van der Waals surface area contributed by atoms with Gasteiger partial charge in [-0.05, 0) is 43.9 Å². The van der Waals surface area contributed by atoms with Gasteiger partial charge in [-0.25, -0.2) is 0 Å². The second-order valence-corrected chi connectivity index (χ2v) is 8.88. The van der Waals surface area contributed by atoms with Crippen LogP contribution in [0.2, 0.25) is 0 Å². The van der Waals surface area contributed by atoms with Crippen LogP contribution in [0.1, 0.15) is 122 Å². The molecule has 3 nitrogen and oxygen atoms in total. The molecule has 3 heteroatoms. The van der Waals surface area contributed by atoms with Crippen LogP contribution < -0.4 is 5.32 Å². The van der Waals surface area contributed by atoms with Crippen molar-refractivity contribution in [3.63, 3.8) is 0 Å². The molecule has 178 valence electrons. The first-order valence-electron chi connectivity index (χ1n) is 13.2. The summed E-state index contributed by atoms with van der Waals surface area (Å²) in [6.07, 6.45) is 21.9. The number of aryl methyl sites for hydroxylation is 1. The number of unbranched alkanes of at least 4 members (excludes halogenated alkanes) is 13. The van der Waals surface area contributed by atoms with E-state index in [4.69, 9.17) is 4.74 Å². The predicted molar refractivity (Wildman–Crippen MR) is 135 cm³/mol. The van der Waals surface area contributed by atoms with Crippen molar-refractivity contribution in [2.45, 2.75) is 123 Å². The molecule has 0 unspecified atom stereocenters. The zero-order valence-corrected chi connectivity index (χ0v) is 20.6. The standard InChI is InChI=1S/C28H49NO2/c1-3-5-6-7-8-9-10-11-12-13-14-15-16-17-25-29-27-23-21-26(22-24-27)19-18-20-28(30)31-4-2/h21-24,29H,3-20,25H2,1-2H3. The van der Waals surface area contributed by atoms with Gasteiger partial charge in [0.05, 0.1) is 6.61 Å². The van der Waals surface area contributed by atoms with Crippen molar-refractivity contribution in [1.82, 2.24) is 0 Å². The van der Waals surface area contributed by atoms with Crippen LogP contribution in [-0.4, -0.2) is 19.1 Å². The summed E-state index contributed by atoms with van der Waals surface area (Å²) in [5, 5.41) is 3.53. The molecule has 0 radical (unpaired) electrons. The normalized spacial score (nSPS) is 10.9. The molecule has 0 saturated carbocycles. The molecule has 0 saturated heterocycles. The second kappa shape index (κ2) is 20.4. The Hall–Kier alpha value is -1.51. The molecule has 0 atom stereocenters. The van der Waals surface area contributed by atoms with Gasteiger partial charge < -0.3 is 10.1 Å². The van der Waals surface area contributed by atoms with Gasteiger partial charge in [-0.3, -0.25) is 4.79 Å². The zero-order chi connectivity index (χ0) is 22.4. The van der Waals surface area contributed by atoms with E-state index < -0.39 is 0 Å². The average molecular weight is 432 g/mol. The highest BCUT2D eigenvalue weighted by Crippen LogP contribution is 2.14. The van der Waals surface area contributed by atoms with E-state index in [0.29, 0.717) is 13.0 Å². The van der Waals surface area contributed by atoms with Gasteiger partial charge in [0, 0.05) is 18.7 Å². The summed E-state index contributed by atoms with van der Waals surface area (Å²) in [4.78, 5) is 11.4. The molecule has 1 rings (SSSR count). The molecular formula is C28H49NO2. The molecule has 1 aromatic carbocycles. The Kier molecular flexibility index (Phi) is 18.1. The molecule has 0 amide bonds. The van der Waals surface area contributed by atoms with Gasteiger partial charge in [0.2, 0.25) is 0 Å². The van der Waals surface area contributed by atoms with Crippen LogP contribution in [0.3, 0.4) is 0 Å². The van der Waals surface area contributed by atoms with E-state index in [9.17, 15) is 4.79 Å². The monoisotopic (exact) mass is 431 g/mol. The highest BCUT2D eigenvalue weighted by atomic mass is 16.5. The summed E-state index contributed by atoms with van der Waals surface area (Å²) >= 11 is 0. The minimum atomic E-state index is -0.0889. The summed E-state index contributed by atoms with van der Waals surface area (Å²) in [7, 11) is 0. The Bertz CT molecular complexity index is 526. The number of hydrogen-bond donors (Lipinski definition) is 1. The summed E-state index contributed by atoms with van der Waals surface area (Å²) in [6, 6.07) is 8.64. The van der Waals surface area contributed by atoms with Crippen LogP contribution in [0.4, 0.5) is 5.69 Å². The molecule has 31 heavy (non-hydrogen) atoms. The summed E-state index contributed by atoms with van der Waals surface area (Å²) in [5.41, 5.74) is 2.48. The lowest BCUT2D eigenvalue weighted by molar-refractivity contribution is -0.143. The van der Waals surface area contributed by atoms with E-state index in [1.54, 1.807) is 0 Å². The van der Waals surface area contributed by atoms with E-state index in [-0.39, 0.29) is 5.97 Å². The number of ether oxygens (including phenoxy) is 1. The number of hydrogen-bond acceptors (Lipinski definition) is 3. The lowest BCUT2D eigenvalue weighted by Gasteiger charge is -2.08. The number of carbonyl (C=O) groups is 1. The Morgan fingerprint density at radius 3 is 1.74 bits per heavy atom. The SMILES string of the molecule is CCCCCCCCCCCCCCCCNc1ccc(CCCC(=O)OCC)cc1. The molecule has 0 heterocycles. The summed E-state index contributed by atoms with van der Waals surface area (Å²) < 4.78 is 4.97. The van der Waals surface area contributed by atoms with Gasteiger partial charge in [0.1, 0.15) is 0 Å². The number of esters is 1. The van der Waals surface area contributed by atoms with Crippen LogP contribution >= 0.6 is 0 Å². The lowest BCUT2D eigenvalue weighted by Crippen LogP contribution is -2.04. The van der Waals surface area contributed by atoms with Crippen molar-refractivity contribution in [3.05, 3.63) is 29.8 Å². The van der Waals surface area contributed by atoms with Gasteiger partial charge in [0.25, 0.3) is 0 Å². The van der Waals surface area contributed by atoms with Crippen molar-refractivity contribution >= 4 is 11.7 Å². The first-order valence-corrected chi connectivity index (χ1v) is 13.2. The maximum Gasteiger partial charge on any atom is 0.305 e. The Balaban J connectivity index is 1.89. The van der Waals surface area contributed by atoms with Crippen molar-refractivity contribution in [2.75, 3.05) is 18.5 Å². The molecule has 0 bridgehead atoms. The van der Waals surface area contributed by atoms with Gasteiger partial charge in [0.15, 0.2) is 0 Å². The molecule has 1 aromatic rings. The number of nitrogens with one attached hydrogen (secondary N) is 1. The fourth-order valence-electron chi connectivity index (χ4n) is 4.01. The van der Waals surface area contributed by atoms with Crippen molar-refractivity contribution in [1.29, 1.82) is 0 Å². The molecule has 1 N–H and O–H groups in total. The minimum absolute atomic E-state index is 0.0889. The van der Waals surface area contributed by atoms with Crippen LogP contribution in [0.5, 0.6) is 0 Å². The Labute approximate surface area is 192 Å². The van der Waals surface area contributed by atoms with E-state index in [1.165, 1.54) is 101 Å².